The Kier molecular flexibility index (Phi) is 5.40. The van der Waals surface area contributed by atoms with Crippen LogP contribution in [0.2, 0.25) is 0 Å². The van der Waals surface area contributed by atoms with Crippen molar-refractivity contribution >= 4 is 17.7 Å². The molecule has 0 fully saturated rings. The molecule has 0 aliphatic rings. The highest BCUT2D eigenvalue weighted by Gasteiger charge is 2.20. The van der Waals surface area contributed by atoms with E-state index in [0.29, 0.717) is 17.8 Å². The summed E-state index contributed by atoms with van der Waals surface area (Å²) in [5.74, 6) is -0.106. The zero-order valence-electron chi connectivity index (χ0n) is 14.6. The number of aromatic nitrogens is 2. The van der Waals surface area contributed by atoms with Crippen LogP contribution in [0.5, 0.6) is 0 Å². The molecule has 0 N–H and O–H groups in total. The molecule has 2 aromatic carbocycles. The van der Waals surface area contributed by atoms with Crippen molar-refractivity contribution in [3.05, 3.63) is 77.6 Å². The number of amides is 1. The fourth-order valence-electron chi connectivity index (χ4n) is 2.68. The van der Waals surface area contributed by atoms with E-state index in [0.717, 1.165) is 16.4 Å². The molecule has 1 heterocycles. The highest BCUT2D eigenvalue weighted by molar-refractivity contribution is 7.98. The lowest BCUT2D eigenvalue weighted by molar-refractivity contribution is 0.0776. The van der Waals surface area contributed by atoms with Gasteiger partial charge in [-0.05, 0) is 36.1 Å². The number of rotatable bonds is 5. The number of carbonyl (C=O) groups is 1. The minimum Gasteiger partial charge on any atom is -0.336 e. The molecule has 1 amide bonds. The quantitative estimate of drug-likeness (QED) is 0.649. The van der Waals surface area contributed by atoms with E-state index in [9.17, 15) is 4.79 Å². The summed E-state index contributed by atoms with van der Waals surface area (Å²) in [4.78, 5) is 19.0. The number of nitriles is 1. The zero-order valence-corrected chi connectivity index (χ0v) is 15.4. The second kappa shape index (κ2) is 7.89. The van der Waals surface area contributed by atoms with Gasteiger partial charge in [-0.1, -0.05) is 42.1 Å². The van der Waals surface area contributed by atoms with Crippen LogP contribution in [-0.2, 0) is 6.54 Å². The van der Waals surface area contributed by atoms with E-state index in [1.807, 2.05) is 53.3 Å². The fourth-order valence-corrected chi connectivity index (χ4v) is 3.23. The predicted molar refractivity (Wildman–Crippen MR) is 102 cm³/mol. The summed E-state index contributed by atoms with van der Waals surface area (Å²) < 4.78 is 1.88. The van der Waals surface area contributed by atoms with Crippen LogP contribution in [0.25, 0.3) is 5.69 Å². The van der Waals surface area contributed by atoms with Gasteiger partial charge < -0.3 is 4.90 Å². The normalized spacial score (nSPS) is 10.3. The summed E-state index contributed by atoms with van der Waals surface area (Å²) in [7, 11) is 1.77. The predicted octanol–water partition coefficient (Wildman–Crippen LogP) is 3.74. The highest BCUT2D eigenvalue weighted by atomic mass is 32.2. The first kappa shape index (κ1) is 17.8. The first-order valence-corrected chi connectivity index (χ1v) is 9.28. The van der Waals surface area contributed by atoms with Gasteiger partial charge in [-0.15, -0.1) is 0 Å². The van der Waals surface area contributed by atoms with Crippen LogP contribution in [0.4, 0.5) is 0 Å². The van der Waals surface area contributed by atoms with Crippen molar-refractivity contribution in [2.24, 2.45) is 0 Å². The van der Waals surface area contributed by atoms with Gasteiger partial charge in [-0.2, -0.15) is 5.26 Å². The number of benzene rings is 2. The molecule has 5 nitrogen and oxygen atoms in total. The summed E-state index contributed by atoms with van der Waals surface area (Å²) in [5.41, 5.74) is 3.01. The van der Waals surface area contributed by atoms with E-state index in [2.05, 4.69) is 11.1 Å². The summed E-state index contributed by atoms with van der Waals surface area (Å²) in [6.07, 6.45) is 3.56. The van der Waals surface area contributed by atoms with Gasteiger partial charge in [0.25, 0.3) is 5.91 Å². The largest absolute Gasteiger partial charge is 0.336 e. The molecule has 0 spiro atoms. The second-order valence-corrected chi connectivity index (χ2v) is 6.54. The summed E-state index contributed by atoms with van der Waals surface area (Å²) >= 11 is 1.50. The van der Waals surface area contributed by atoms with Gasteiger partial charge in [0, 0.05) is 19.3 Å². The molecule has 0 aliphatic heterocycles. The van der Waals surface area contributed by atoms with E-state index >= 15 is 0 Å². The van der Waals surface area contributed by atoms with Gasteiger partial charge in [0.15, 0.2) is 5.16 Å². The Hall–Kier alpha value is -3.04. The smallest absolute Gasteiger partial charge is 0.272 e. The Morgan fingerprint density at radius 1 is 1.19 bits per heavy atom. The molecule has 0 saturated carbocycles. The monoisotopic (exact) mass is 362 g/mol. The standard InChI is InChI=1S/C20H18N4OS/c1-23(14-16-10-8-15(12-21)9-11-16)19(25)18-13-22-20(26-2)24(18)17-6-4-3-5-7-17/h3-11,13H,14H2,1-2H3. The first-order valence-electron chi connectivity index (χ1n) is 8.05. The van der Waals surface area contributed by atoms with Crippen LogP contribution in [0, 0.1) is 11.3 Å². The number of hydrogen-bond acceptors (Lipinski definition) is 4. The van der Waals surface area contributed by atoms with E-state index in [4.69, 9.17) is 5.26 Å². The first-order chi connectivity index (χ1) is 12.6. The molecular weight excluding hydrogens is 344 g/mol. The molecule has 0 bridgehead atoms. The van der Waals surface area contributed by atoms with Gasteiger partial charge in [-0.25, -0.2) is 4.98 Å². The Morgan fingerprint density at radius 3 is 2.50 bits per heavy atom. The number of hydrogen-bond donors (Lipinski definition) is 0. The highest BCUT2D eigenvalue weighted by Crippen LogP contribution is 2.22. The third kappa shape index (κ3) is 3.63. The van der Waals surface area contributed by atoms with E-state index in [-0.39, 0.29) is 5.91 Å². The number of thioether (sulfide) groups is 1. The van der Waals surface area contributed by atoms with Crippen LogP contribution in [0.3, 0.4) is 0 Å². The van der Waals surface area contributed by atoms with Crippen molar-refractivity contribution in [1.82, 2.24) is 14.5 Å². The minimum atomic E-state index is -0.106. The van der Waals surface area contributed by atoms with Crippen LogP contribution in [0.1, 0.15) is 21.6 Å². The maximum atomic E-state index is 13.0. The van der Waals surface area contributed by atoms with Crippen LogP contribution >= 0.6 is 11.8 Å². The number of nitrogens with zero attached hydrogens (tertiary/aromatic N) is 4. The van der Waals surface area contributed by atoms with Crippen molar-refractivity contribution in [2.75, 3.05) is 13.3 Å². The summed E-state index contributed by atoms with van der Waals surface area (Å²) in [6, 6.07) is 19.1. The number of para-hydroxylation sites is 1. The molecule has 1 aromatic heterocycles. The van der Waals surface area contributed by atoms with Crippen LogP contribution in [0.15, 0.2) is 66.0 Å². The van der Waals surface area contributed by atoms with E-state index in [1.54, 1.807) is 30.3 Å². The zero-order chi connectivity index (χ0) is 18.5. The van der Waals surface area contributed by atoms with Gasteiger partial charge in [0.1, 0.15) is 5.69 Å². The molecule has 3 aromatic rings. The Balaban J connectivity index is 1.87. The molecular formula is C20H18N4OS. The van der Waals surface area contributed by atoms with Crippen molar-refractivity contribution in [3.8, 4) is 11.8 Å². The van der Waals surface area contributed by atoms with Crippen molar-refractivity contribution in [3.63, 3.8) is 0 Å². The summed E-state index contributed by atoms with van der Waals surface area (Å²) in [5, 5.41) is 9.66. The van der Waals surface area contributed by atoms with E-state index in [1.165, 1.54) is 11.8 Å². The van der Waals surface area contributed by atoms with Crippen molar-refractivity contribution in [1.29, 1.82) is 5.26 Å². The molecule has 3 rings (SSSR count). The lowest BCUT2D eigenvalue weighted by Crippen LogP contribution is -2.28. The fraction of sp³-hybridized carbons (Fsp3) is 0.150. The lowest BCUT2D eigenvalue weighted by Gasteiger charge is -2.19. The molecule has 0 atom stereocenters. The van der Waals surface area contributed by atoms with Gasteiger partial charge in [0.2, 0.25) is 0 Å². The lowest BCUT2D eigenvalue weighted by atomic mass is 10.1. The number of imidazole rings is 1. The number of carbonyl (C=O) groups excluding carboxylic acids is 1. The molecule has 0 unspecified atom stereocenters. The molecule has 0 radical (unpaired) electrons. The maximum absolute atomic E-state index is 13.0. The van der Waals surface area contributed by atoms with Crippen LogP contribution < -0.4 is 0 Å². The Bertz CT molecular complexity index is 942. The molecule has 6 heteroatoms. The van der Waals surface area contributed by atoms with Crippen LogP contribution in [-0.4, -0.2) is 33.7 Å². The second-order valence-electron chi connectivity index (χ2n) is 5.77. The molecule has 130 valence electrons. The molecule has 0 aliphatic carbocycles. The Labute approximate surface area is 156 Å². The molecule has 26 heavy (non-hydrogen) atoms. The average Bonchev–Trinajstić information content (AvgIpc) is 3.12. The topological polar surface area (TPSA) is 61.9 Å². The van der Waals surface area contributed by atoms with Crippen molar-refractivity contribution in [2.45, 2.75) is 11.7 Å². The summed E-state index contributed by atoms with van der Waals surface area (Å²) in [6.45, 7) is 0.457. The third-order valence-electron chi connectivity index (χ3n) is 4.00. The SMILES string of the molecule is CSc1ncc(C(=O)N(C)Cc2ccc(C#N)cc2)n1-c1ccccc1. The third-order valence-corrected chi connectivity index (χ3v) is 4.65. The van der Waals surface area contributed by atoms with Gasteiger partial charge >= 0.3 is 0 Å². The minimum absolute atomic E-state index is 0.106. The average molecular weight is 362 g/mol. The van der Waals surface area contributed by atoms with Crippen molar-refractivity contribution < 1.29 is 4.79 Å². The molecule has 0 saturated heterocycles. The van der Waals surface area contributed by atoms with Gasteiger partial charge in [0.05, 0.1) is 17.8 Å². The van der Waals surface area contributed by atoms with Gasteiger partial charge in [-0.3, -0.25) is 9.36 Å². The Morgan fingerprint density at radius 2 is 1.88 bits per heavy atom. The van der Waals surface area contributed by atoms with E-state index < -0.39 is 0 Å². The maximum Gasteiger partial charge on any atom is 0.272 e.